The highest BCUT2D eigenvalue weighted by molar-refractivity contribution is 5.38. The van der Waals surface area contributed by atoms with Crippen molar-refractivity contribution in [1.82, 2.24) is 10.2 Å². The van der Waals surface area contributed by atoms with Gasteiger partial charge in [-0.05, 0) is 58.5 Å². The Morgan fingerprint density at radius 2 is 1.90 bits per heavy atom. The molecule has 0 saturated heterocycles. The number of hydrogen-bond acceptors (Lipinski definition) is 3. The Morgan fingerprint density at radius 1 is 1.19 bits per heavy atom. The molecule has 3 nitrogen and oxygen atoms in total. The third kappa shape index (κ3) is 5.01. The molecule has 0 heterocycles. The van der Waals surface area contributed by atoms with Crippen molar-refractivity contribution < 1.29 is 4.74 Å². The molecule has 0 bridgehead atoms. The molecule has 0 aliphatic carbocycles. The second-order valence-electron chi connectivity index (χ2n) is 5.63. The van der Waals surface area contributed by atoms with E-state index in [1.54, 1.807) is 0 Å². The van der Waals surface area contributed by atoms with Gasteiger partial charge in [0.1, 0.15) is 5.75 Å². The lowest BCUT2D eigenvalue weighted by atomic mass is 10.0. The van der Waals surface area contributed by atoms with Crippen LogP contribution >= 0.6 is 0 Å². The fourth-order valence-electron chi connectivity index (χ4n) is 2.51. The summed E-state index contributed by atoms with van der Waals surface area (Å²) in [4.78, 5) is 2.51. The van der Waals surface area contributed by atoms with E-state index in [1.165, 1.54) is 17.5 Å². The van der Waals surface area contributed by atoms with Gasteiger partial charge in [-0.25, -0.2) is 0 Å². The Morgan fingerprint density at radius 3 is 2.43 bits per heavy atom. The minimum atomic E-state index is 0.359. The molecule has 3 heteroatoms. The van der Waals surface area contributed by atoms with Crippen LogP contribution in [0.2, 0.25) is 0 Å². The van der Waals surface area contributed by atoms with Gasteiger partial charge in [-0.1, -0.05) is 19.9 Å². The van der Waals surface area contributed by atoms with Gasteiger partial charge >= 0.3 is 0 Å². The molecule has 1 aromatic carbocycles. The number of rotatable bonds is 9. The van der Waals surface area contributed by atoms with Crippen LogP contribution in [-0.2, 0) is 6.54 Å². The summed E-state index contributed by atoms with van der Waals surface area (Å²) in [5, 5.41) is 3.31. The van der Waals surface area contributed by atoms with Crippen LogP contribution < -0.4 is 10.1 Å². The van der Waals surface area contributed by atoms with E-state index in [9.17, 15) is 0 Å². The third-order valence-electron chi connectivity index (χ3n) is 4.31. The van der Waals surface area contributed by atoms with Crippen molar-refractivity contribution in [2.75, 3.05) is 20.2 Å². The van der Waals surface area contributed by atoms with Crippen LogP contribution in [0.25, 0.3) is 0 Å². The molecule has 1 N–H and O–H groups in total. The van der Waals surface area contributed by atoms with Gasteiger partial charge in [0.25, 0.3) is 0 Å². The van der Waals surface area contributed by atoms with Crippen molar-refractivity contribution in [2.24, 2.45) is 0 Å². The maximum atomic E-state index is 5.82. The zero-order chi connectivity index (χ0) is 15.8. The smallest absolute Gasteiger partial charge is 0.123 e. The number of benzene rings is 1. The molecule has 2 atom stereocenters. The average Bonchev–Trinajstić information content (AvgIpc) is 2.52. The summed E-state index contributed by atoms with van der Waals surface area (Å²) >= 11 is 0. The minimum Gasteiger partial charge on any atom is -0.494 e. The molecule has 0 aliphatic rings. The summed E-state index contributed by atoms with van der Waals surface area (Å²) in [6.07, 6.45) is 1.17. The SMILES string of the molecule is CCOc1ccc(C(C)NC)cc1CN(CC)C(C)CC. The van der Waals surface area contributed by atoms with E-state index in [-0.39, 0.29) is 0 Å². The first-order valence-electron chi connectivity index (χ1n) is 8.24. The lowest BCUT2D eigenvalue weighted by Crippen LogP contribution is -2.32. The standard InChI is InChI=1S/C18H32N2O/c1-7-14(4)20(8-2)13-17-12-16(15(5)19-6)10-11-18(17)21-9-3/h10-12,14-15,19H,7-9,13H2,1-6H3. The molecular weight excluding hydrogens is 260 g/mol. The zero-order valence-corrected chi connectivity index (χ0v) is 14.6. The van der Waals surface area contributed by atoms with E-state index in [0.29, 0.717) is 18.7 Å². The first kappa shape index (κ1) is 18.0. The van der Waals surface area contributed by atoms with Crippen LogP contribution in [0.15, 0.2) is 18.2 Å². The topological polar surface area (TPSA) is 24.5 Å². The van der Waals surface area contributed by atoms with Crippen molar-refractivity contribution in [3.63, 3.8) is 0 Å². The van der Waals surface area contributed by atoms with Crippen molar-refractivity contribution >= 4 is 0 Å². The molecule has 0 radical (unpaired) electrons. The quantitative estimate of drug-likeness (QED) is 0.745. The number of ether oxygens (including phenoxy) is 1. The second kappa shape index (κ2) is 9.06. The fraction of sp³-hybridized carbons (Fsp3) is 0.667. The van der Waals surface area contributed by atoms with E-state index in [2.05, 4.69) is 56.1 Å². The predicted octanol–water partition coefficient (Wildman–Crippen LogP) is 3.99. The van der Waals surface area contributed by atoms with E-state index in [4.69, 9.17) is 4.74 Å². The molecule has 120 valence electrons. The summed E-state index contributed by atoms with van der Waals surface area (Å²) < 4.78 is 5.82. The van der Waals surface area contributed by atoms with E-state index in [1.807, 2.05) is 14.0 Å². The largest absolute Gasteiger partial charge is 0.494 e. The summed E-state index contributed by atoms with van der Waals surface area (Å²) in [5.41, 5.74) is 2.61. The highest BCUT2D eigenvalue weighted by atomic mass is 16.5. The van der Waals surface area contributed by atoms with Gasteiger partial charge in [0.15, 0.2) is 0 Å². The van der Waals surface area contributed by atoms with Gasteiger partial charge in [-0.15, -0.1) is 0 Å². The predicted molar refractivity (Wildman–Crippen MR) is 90.9 cm³/mol. The fourth-order valence-corrected chi connectivity index (χ4v) is 2.51. The van der Waals surface area contributed by atoms with Crippen LogP contribution in [0.4, 0.5) is 0 Å². The van der Waals surface area contributed by atoms with E-state index >= 15 is 0 Å². The lowest BCUT2D eigenvalue weighted by molar-refractivity contribution is 0.202. The number of nitrogens with zero attached hydrogens (tertiary/aromatic N) is 1. The Kier molecular flexibility index (Phi) is 7.76. The molecular formula is C18H32N2O. The normalized spacial score (nSPS) is 14.2. The summed E-state index contributed by atoms with van der Waals surface area (Å²) in [7, 11) is 2.00. The Bertz CT molecular complexity index is 420. The molecule has 2 unspecified atom stereocenters. The Balaban J connectivity index is 3.04. The molecule has 0 fully saturated rings. The average molecular weight is 292 g/mol. The first-order chi connectivity index (χ1) is 10.1. The maximum absolute atomic E-state index is 5.82. The molecule has 1 aromatic rings. The Hall–Kier alpha value is -1.06. The molecule has 21 heavy (non-hydrogen) atoms. The van der Waals surface area contributed by atoms with Gasteiger partial charge in [0, 0.05) is 24.2 Å². The Labute approximate surface area is 130 Å². The van der Waals surface area contributed by atoms with Crippen LogP contribution in [0.5, 0.6) is 5.75 Å². The summed E-state index contributed by atoms with van der Waals surface area (Å²) in [5.74, 6) is 1.02. The monoisotopic (exact) mass is 292 g/mol. The lowest BCUT2D eigenvalue weighted by Gasteiger charge is -2.28. The van der Waals surface area contributed by atoms with Gasteiger partial charge in [0.2, 0.25) is 0 Å². The van der Waals surface area contributed by atoms with Gasteiger partial charge in [-0.2, -0.15) is 0 Å². The first-order valence-corrected chi connectivity index (χ1v) is 8.24. The van der Waals surface area contributed by atoms with Gasteiger partial charge < -0.3 is 10.1 Å². The van der Waals surface area contributed by atoms with E-state index in [0.717, 1.165) is 18.8 Å². The zero-order valence-electron chi connectivity index (χ0n) is 14.6. The van der Waals surface area contributed by atoms with Crippen LogP contribution in [-0.4, -0.2) is 31.1 Å². The molecule has 0 spiro atoms. The molecule has 0 amide bonds. The third-order valence-corrected chi connectivity index (χ3v) is 4.31. The summed E-state index contributed by atoms with van der Waals surface area (Å²) in [6.45, 7) is 13.7. The highest BCUT2D eigenvalue weighted by Crippen LogP contribution is 2.26. The van der Waals surface area contributed by atoms with Crippen LogP contribution in [0.1, 0.15) is 58.2 Å². The van der Waals surface area contributed by atoms with Crippen molar-refractivity contribution in [3.8, 4) is 5.75 Å². The van der Waals surface area contributed by atoms with Crippen LogP contribution in [0, 0.1) is 0 Å². The van der Waals surface area contributed by atoms with Gasteiger partial charge in [0.05, 0.1) is 6.61 Å². The second-order valence-corrected chi connectivity index (χ2v) is 5.63. The maximum Gasteiger partial charge on any atom is 0.123 e. The molecule has 0 saturated carbocycles. The van der Waals surface area contributed by atoms with Gasteiger partial charge in [-0.3, -0.25) is 4.90 Å². The van der Waals surface area contributed by atoms with Crippen molar-refractivity contribution in [3.05, 3.63) is 29.3 Å². The van der Waals surface area contributed by atoms with Crippen LogP contribution in [0.3, 0.4) is 0 Å². The molecule has 0 aromatic heterocycles. The summed E-state index contributed by atoms with van der Waals surface area (Å²) in [6, 6.07) is 7.52. The number of nitrogens with one attached hydrogen (secondary N) is 1. The van der Waals surface area contributed by atoms with E-state index < -0.39 is 0 Å². The molecule has 1 rings (SSSR count). The van der Waals surface area contributed by atoms with Crippen molar-refractivity contribution in [1.29, 1.82) is 0 Å². The highest BCUT2D eigenvalue weighted by Gasteiger charge is 2.15. The van der Waals surface area contributed by atoms with Crippen molar-refractivity contribution in [2.45, 2.75) is 59.7 Å². The molecule has 0 aliphatic heterocycles. The number of hydrogen-bond donors (Lipinski definition) is 1. The minimum absolute atomic E-state index is 0.359.